The van der Waals surface area contributed by atoms with Crippen LogP contribution in [0.25, 0.3) is 0 Å². The molecule has 0 amide bonds. The maximum absolute atomic E-state index is 6.05. The molecule has 0 N–H and O–H groups in total. The zero-order valence-corrected chi connectivity index (χ0v) is 13.1. The zero-order valence-electron chi connectivity index (χ0n) is 12.1. The fraction of sp³-hybridized carbons (Fsp3) is 0.714. The van der Waals surface area contributed by atoms with Crippen LogP contribution in [0.15, 0.2) is 23.8 Å². The Kier molecular flexibility index (Phi) is 6.27. The van der Waals surface area contributed by atoms with Gasteiger partial charge < -0.3 is 4.43 Å². The molecule has 0 spiro atoms. The van der Waals surface area contributed by atoms with Crippen LogP contribution in [0.5, 0.6) is 0 Å². The summed E-state index contributed by atoms with van der Waals surface area (Å²) in [7, 11) is -1.57. The van der Waals surface area contributed by atoms with E-state index >= 15 is 0 Å². The second-order valence-electron chi connectivity index (χ2n) is 5.83. The van der Waals surface area contributed by atoms with Crippen molar-refractivity contribution in [3.05, 3.63) is 23.8 Å². The third-order valence-corrected chi connectivity index (χ3v) is 7.75. The van der Waals surface area contributed by atoms with Crippen LogP contribution in [-0.2, 0) is 4.43 Å². The highest BCUT2D eigenvalue weighted by Gasteiger charge is 2.36. The molecular weight excluding hydrogens is 212 g/mol. The highest BCUT2D eigenvalue weighted by atomic mass is 28.4. The second-order valence-corrected chi connectivity index (χ2v) is 10.6. The van der Waals surface area contributed by atoms with E-state index in [1.54, 1.807) is 0 Å². The van der Waals surface area contributed by atoms with E-state index in [2.05, 4.69) is 65.9 Å². The highest BCUT2D eigenvalue weighted by Crippen LogP contribution is 2.36. The summed E-state index contributed by atoms with van der Waals surface area (Å²) in [4.78, 5) is 0. The van der Waals surface area contributed by atoms with Gasteiger partial charge in [0.15, 0.2) is 8.32 Å². The molecule has 0 fully saturated rings. The smallest absolute Gasteiger partial charge is 0.192 e. The molecule has 1 nitrogen and oxygen atoms in total. The van der Waals surface area contributed by atoms with E-state index < -0.39 is 8.32 Å². The molecule has 0 bridgehead atoms. The molecule has 0 aromatic carbocycles. The van der Waals surface area contributed by atoms with Crippen LogP contribution in [0, 0.1) is 0 Å². The lowest BCUT2D eigenvalue weighted by Gasteiger charge is -2.35. The number of allylic oxidation sites excluding steroid dienone is 3. The zero-order chi connectivity index (χ0) is 12.8. The van der Waals surface area contributed by atoms with Crippen molar-refractivity contribution in [3.8, 4) is 0 Å². The monoisotopic (exact) mass is 240 g/mol. The summed E-state index contributed by atoms with van der Waals surface area (Å²) in [6.07, 6.45) is 7.60. The van der Waals surface area contributed by atoms with Gasteiger partial charge in [-0.15, -0.1) is 0 Å². The molecule has 0 aliphatic rings. The summed E-state index contributed by atoms with van der Waals surface area (Å²) < 4.78 is 6.05. The van der Waals surface area contributed by atoms with E-state index in [0.29, 0.717) is 5.04 Å². The Balaban J connectivity index is 4.13. The van der Waals surface area contributed by atoms with Gasteiger partial charge in [0.05, 0.1) is 6.61 Å². The van der Waals surface area contributed by atoms with Gasteiger partial charge in [-0.2, -0.15) is 0 Å². The summed E-state index contributed by atoms with van der Waals surface area (Å²) in [6.45, 7) is 16.4. The van der Waals surface area contributed by atoms with Crippen molar-refractivity contribution < 1.29 is 4.43 Å². The lowest BCUT2D eigenvalue weighted by molar-refractivity contribution is 0.328. The quantitative estimate of drug-likeness (QED) is 0.489. The Labute approximate surface area is 103 Å². The van der Waals surface area contributed by atoms with Crippen LogP contribution in [0.2, 0.25) is 18.1 Å². The highest BCUT2D eigenvalue weighted by molar-refractivity contribution is 6.74. The predicted molar refractivity (Wildman–Crippen MR) is 76.3 cm³/mol. The standard InChI is InChI=1S/C14H28OSi/c1-8-10-13(2)11-9-12-15-16(6,7)14(3,4)5/h9-11H,8,12H2,1-7H3/b11-9+,13-10+. The third kappa shape index (κ3) is 5.66. The first kappa shape index (κ1) is 15.7. The fourth-order valence-electron chi connectivity index (χ4n) is 1.10. The Bertz CT molecular complexity index is 256. The molecule has 0 heterocycles. The van der Waals surface area contributed by atoms with Crippen LogP contribution in [0.1, 0.15) is 41.0 Å². The van der Waals surface area contributed by atoms with E-state index in [0.717, 1.165) is 13.0 Å². The molecule has 0 aromatic rings. The van der Waals surface area contributed by atoms with Crippen LogP contribution in [-0.4, -0.2) is 14.9 Å². The Morgan fingerprint density at radius 3 is 2.25 bits per heavy atom. The normalized spacial score (nSPS) is 14.8. The van der Waals surface area contributed by atoms with E-state index in [-0.39, 0.29) is 0 Å². The lowest BCUT2D eigenvalue weighted by Crippen LogP contribution is -2.40. The molecule has 0 aliphatic heterocycles. The minimum absolute atomic E-state index is 0.301. The summed E-state index contributed by atoms with van der Waals surface area (Å²) in [5, 5.41) is 0.301. The first-order chi connectivity index (χ1) is 7.20. The van der Waals surface area contributed by atoms with Crippen molar-refractivity contribution in [1.82, 2.24) is 0 Å². The van der Waals surface area contributed by atoms with Gasteiger partial charge in [0.1, 0.15) is 0 Å². The minimum Gasteiger partial charge on any atom is -0.413 e. The minimum atomic E-state index is -1.57. The summed E-state index contributed by atoms with van der Waals surface area (Å²) in [6, 6.07) is 0. The Morgan fingerprint density at radius 2 is 1.81 bits per heavy atom. The van der Waals surface area contributed by atoms with Crippen molar-refractivity contribution >= 4 is 8.32 Å². The number of rotatable bonds is 5. The Morgan fingerprint density at radius 1 is 1.25 bits per heavy atom. The first-order valence-corrected chi connectivity index (χ1v) is 9.09. The van der Waals surface area contributed by atoms with Gasteiger partial charge in [0.2, 0.25) is 0 Å². The van der Waals surface area contributed by atoms with Crippen molar-refractivity contribution in [2.75, 3.05) is 6.61 Å². The van der Waals surface area contributed by atoms with Crippen LogP contribution >= 0.6 is 0 Å². The Hall–Kier alpha value is -0.343. The van der Waals surface area contributed by atoms with Crippen molar-refractivity contribution in [2.45, 2.75) is 59.2 Å². The number of hydrogen-bond acceptors (Lipinski definition) is 1. The van der Waals surface area contributed by atoms with E-state index in [1.807, 2.05) is 0 Å². The molecule has 0 saturated heterocycles. The van der Waals surface area contributed by atoms with Gasteiger partial charge in [-0.05, 0) is 31.5 Å². The average Bonchev–Trinajstić information content (AvgIpc) is 2.11. The SMILES string of the molecule is CC/C=C(C)/C=C/CO[Si](C)(C)C(C)(C)C. The van der Waals surface area contributed by atoms with Gasteiger partial charge in [-0.1, -0.05) is 51.5 Å². The lowest BCUT2D eigenvalue weighted by atomic mass is 10.2. The topological polar surface area (TPSA) is 9.23 Å². The van der Waals surface area contributed by atoms with E-state index in [4.69, 9.17) is 4.43 Å². The van der Waals surface area contributed by atoms with Gasteiger partial charge >= 0.3 is 0 Å². The maximum Gasteiger partial charge on any atom is 0.192 e. The van der Waals surface area contributed by atoms with Gasteiger partial charge in [-0.3, -0.25) is 0 Å². The molecule has 0 aromatic heterocycles. The fourth-order valence-corrected chi connectivity index (χ4v) is 2.04. The molecule has 0 saturated carbocycles. The predicted octanol–water partition coefficient (Wildman–Crippen LogP) is 4.92. The molecule has 0 aliphatic carbocycles. The molecule has 16 heavy (non-hydrogen) atoms. The van der Waals surface area contributed by atoms with E-state index in [9.17, 15) is 0 Å². The summed E-state index contributed by atoms with van der Waals surface area (Å²) in [5.74, 6) is 0. The van der Waals surface area contributed by atoms with E-state index in [1.165, 1.54) is 5.57 Å². The largest absolute Gasteiger partial charge is 0.413 e. The third-order valence-electron chi connectivity index (χ3n) is 3.25. The molecule has 94 valence electrons. The van der Waals surface area contributed by atoms with Crippen molar-refractivity contribution in [3.63, 3.8) is 0 Å². The van der Waals surface area contributed by atoms with Crippen LogP contribution < -0.4 is 0 Å². The van der Waals surface area contributed by atoms with Crippen molar-refractivity contribution in [1.29, 1.82) is 0 Å². The second kappa shape index (κ2) is 6.41. The summed E-state index contributed by atoms with van der Waals surface area (Å²) in [5.41, 5.74) is 1.32. The maximum atomic E-state index is 6.05. The van der Waals surface area contributed by atoms with Crippen LogP contribution in [0.3, 0.4) is 0 Å². The van der Waals surface area contributed by atoms with Crippen LogP contribution in [0.4, 0.5) is 0 Å². The average molecular weight is 240 g/mol. The molecule has 0 unspecified atom stereocenters. The molecule has 0 radical (unpaired) electrons. The van der Waals surface area contributed by atoms with Gasteiger partial charge in [0, 0.05) is 0 Å². The summed E-state index contributed by atoms with van der Waals surface area (Å²) >= 11 is 0. The van der Waals surface area contributed by atoms with Gasteiger partial charge in [0.25, 0.3) is 0 Å². The van der Waals surface area contributed by atoms with Gasteiger partial charge in [-0.25, -0.2) is 0 Å². The molecule has 0 rings (SSSR count). The first-order valence-electron chi connectivity index (χ1n) is 6.18. The number of hydrogen-bond donors (Lipinski definition) is 0. The molecule has 0 atom stereocenters. The van der Waals surface area contributed by atoms with Crippen molar-refractivity contribution in [2.24, 2.45) is 0 Å². The molecule has 2 heteroatoms. The molecular formula is C14H28OSi.